The maximum Gasteiger partial charge on any atom is 0.214 e. The minimum atomic E-state index is -3.17. The number of sulfonamides is 1. The Hall–Kier alpha value is -0.620. The van der Waals surface area contributed by atoms with Crippen LogP contribution in [0, 0.1) is 0 Å². The van der Waals surface area contributed by atoms with E-state index in [1.807, 2.05) is 37.3 Å². The normalized spacial score (nSPS) is 11.3. The van der Waals surface area contributed by atoms with Gasteiger partial charge in [0.1, 0.15) is 0 Å². The Bertz CT molecular complexity index is 437. The second-order valence-electron chi connectivity index (χ2n) is 4.28. The molecule has 0 atom stereocenters. The zero-order valence-corrected chi connectivity index (χ0v) is 12.9. The predicted molar refractivity (Wildman–Crippen MR) is 81.8 cm³/mol. The van der Waals surface area contributed by atoms with Crippen LogP contribution in [-0.4, -0.2) is 31.6 Å². The van der Waals surface area contributed by atoms with Crippen molar-refractivity contribution in [2.75, 3.05) is 18.8 Å². The molecule has 0 spiro atoms. The van der Waals surface area contributed by atoms with Crippen LogP contribution < -0.4 is 5.73 Å². The van der Waals surface area contributed by atoms with E-state index >= 15 is 0 Å². The summed E-state index contributed by atoms with van der Waals surface area (Å²) in [6.07, 6.45) is 1.33. The lowest BCUT2D eigenvalue weighted by Crippen LogP contribution is -2.34. The van der Waals surface area contributed by atoms with E-state index < -0.39 is 10.0 Å². The monoisotopic (exact) mass is 306 g/mol. The Labute approximate surface area is 122 Å². The lowest BCUT2D eigenvalue weighted by atomic mass is 10.2. The molecule has 6 heteroatoms. The van der Waals surface area contributed by atoms with Gasteiger partial charge in [-0.05, 0) is 24.9 Å². The average Bonchev–Trinajstić information content (AvgIpc) is 2.35. The van der Waals surface area contributed by atoms with Gasteiger partial charge in [0.2, 0.25) is 10.0 Å². The van der Waals surface area contributed by atoms with Crippen molar-refractivity contribution in [1.29, 1.82) is 0 Å². The summed E-state index contributed by atoms with van der Waals surface area (Å²) in [5, 5.41) is 0. The zero-order chi connectivity index (χ0) is 13.4. The molecular formula is C13H23ClN2O2S. The van der Waals surface area contributed by atoms with Gasteiger partial charge >= 0.3 is 0 Å². The fourth-order valence-corrected chi connectivity index (χ4v) is 3.29. The van der Waals surface area contributed by atoms with Gasteiger partial charge in [0, 0.05) is 13.1 Å². The smallest absolute Gasteiger partial charge is 0.214 e. The summed E-state index contributed by atoms with van der Waals surface area (Å²) in [6, 6.07) is 9.65. The molecule has 0 radical (unpaired) electrons. The van der Waals surface area contributed by atoms with Gasteiger partial charge in [-0.2, -0.15) is 4.31 Å². The second-order valence-corrected chi connectivity index (χ2v) is 6.37. The molecule has 110 valence electrons. The number of benzene rings is 1. The van der Waals surface area contributed by atoms with E-state index in [0.717, 1.165) is 5.56 Å². The topological polar surface area (TPSA) is 63.4 Å². The van der Waals surface area contributed by atoms with E-state index in [4.69, 9.17) is 5.73 Å². The van der Waals surface area contributed by atoms with Crippen LogP contribution in [0.1, 0.15) is 25.3 Å². The highest BCUT2D eigenvalue weighted by Crippen LogP contribution is 2.11. The summed E-state index contributed by atoms with van der Waals surface area (Å²) in [7, 11) is -3.17. The molecular weight excluding hydrogens is 284 g/mol. The minimum Gasteiger partial charge on any atom is -0.330 e. The van der Waals surface area contributed by atoms with Gasteiger partial charge in [-0.1, -0.05) is 37.3 Å². The first-order chi connectivity index (χ1) is 8.60. The van der Waals surface area contributed by atoms with Crippen molar-refractivity contribution in [1.82, 2.24) is 4.31 Å². The number of rotatable bonds is 8. The summed E-state index contributed by atoms with van der Waals surface area (Å²) in [4.78, 5) is 0. The van der Waals surface area contributed by atoms with Crippen molar-refractivity contribution in [2.45, 2.75) is 26.3 Å². The zero-order valence-electron chi connectivity index (χ0n) is 11.3. The fourth-order valence-electron chi connectivity index (χ4n) is 1.76. The Morgan fingerprint density at radius 1 is 1.21 bits per heavy atom. The third kappa shape index (κ3) is 6.38. The van der Waals surface area contributed by atoms with Gasteiger partial charge in [0.15, 0.2) is 0 Å². The maximum absolute atomic E-state index is 12.1. The predicted octanol–water partition coefficient (Wildman–Crippen LogP) is 2.00. The number of halogens is 1. The van der Waals surface area contributed by atoms with Crippen LogP contribution in [-0.2, 0) is 16.6 Å². The minimum absolute atomic E-state index is 0. The molecule has 0 bridgehead atoms. The summed E-state index contributed by atoms with van der Waals surface area (Å²) in [6.45, 7) is 3.31. The quantitative estimate of drug-likeness (QED) is 0.799. The third-order valence-corrected chi connectivity index (χ3v) is 4.69. The van der Waals surface area contributed by atoms with Crippen molar-refractivity contribution in [3.8, 4) is 0 Å². The standard InChI is InChI=1S/C13H22N2O2S.ClH/c1-2-11-18(16,17)15(10-6-9-14)12-13-7-4-3-5-8-13;/h3-5,7-8H,2,6,9-12,14H2,1H3;1H. The molecule has 0 fully saturated rings. The second kappa shape index (κ2) is 9.31. The van der Waals surface area contributed by atoms with Gasteiger partial charge in [0.25, 0.3) is 0 Å². The molecule has 0 aliphatic heterocycles. The molecule has 1 rings (SSSR count). The Morgan fingerprint density at radius 3 is 2.37 bits per heavy atom. The first-order valence-corrected chi connectivity index (χ1v) is 7.93. The van der Waals surface area contributed by atoms with Crippen LogP contribution in [0.4, 0.5) is 0 Å². The highest BCUT2D eigenvalue weighted by atomic mass is 35.5. The fraction of sp³-hybridized carbons (Fsp3) is 0.538. The van der Waals surface area contributed by atoms with Crippen molar-refractivity contribution in [2.24, 2.45) is 5.73 Å². The van der Waals surface area contributed by atoms with Crippen LogP contribution >= 0.6 is 12.4 Å². The Morgan fingerprint density at radius 2 is 1.84 bits per heavy atom. The molecule has 4 nitrogen and oxygen atoms in total. The Balaban J connectivity index is 0.00000324. The van der Waals surface area contributed by atoms with E-state index in [0.29, 0.717) is 32.5 Å². The van der Waals surface area contributed by atoms with Crippen molar-refractivity contribution < 1.29 is 8.42 Å². The van der Waals surface area contributed by atoms with E-state index in [2.05, 4.69) is 0 Å². The highest BCUT2D eigenvalue weighted by Gasteiger charge is 2.20. The van der Waals surface area contributed by atoms with Gasteiger partial charge in [-0.3, -0.25) is 0 Å². The lowest BCUT2D eigenvalue weighted by molar-refractivity contribution is 0.401. The third-order valence-electron chi connectivity index (χ3n) is 2.67. The van der Waals surface area contributed by atoms with E-state index in [9.17, 15) is 8.42 Å². The summed E-state index contributed by atoms with van der Waals surface area (Å²) >= 11 is 0. The first-order valence-electron chi connectivity index (χ1n) is 6.32. The molecule has 19 heavy (non-hydrogen) atoms. The van der Waals surface area contributed by atoms with Crippen LogP contribution in [0.2, 0.25) is 0 Å². The molecule has 1 aromatic carbocycles. The molecule has 1 aromatic rings. The van der Waals surface area contributed by atoms with Crippen molar-refractivity contribution in [3.05, 3.63) is 35.9 Å². The SMILES string of the molecule is CCCS(=O)(=O)N(CCCN)Cc1ccccc1.Cl. The van der Waals surface area contributed by atoms with E-state index in [1.54, 1.807) is 4.31 Å². The number of hydrogen-bond donors (Lipinski definition) is 1. The van der Waals surface area contributed by atoms with Crippen molar-refractivity contribution in [3.63, 3.8) is 0 Å². The molecule has 0 aromatic heterocycles. The molecule has 0 saturated heterocycles. The number of nitrogens with two attached hydrogens (primary N) is 1. The van der Waals surface area contributed by atoms with Gasteiger partial charge in [0.05, 0.1) is 5.75 Å². The largest absolute Gasteiger partial charge is 0.330 e. The van der Waals surface area contributed by atoms with Gasteiger partial charge < -0.3 is 5.73 Å². The molecule has 0 aliphatic rings. The van der Waals surface area contributed by atoms with Crippen LogP contribution in [0.3, 0.4) is 0 Å². The van der Waals surface area contributed by atoms with Crippen LogP contribution in [0.15, 0.2) is 30.3 Å². The first kappa shape index (κ1) is 18.4. The Kier molecular flexibility index (Phi) is 9.01. The molecule has 0 saturated carbocycles. The van der Waals surface area contributed by atoms with Crippen molar-refractivity contribution >= 4 is 22.4 Å². The highest BCUT2D eigenvalue weighted by molar-refractivity contribution is 7.89. The molecule has 0 unspecified atom stereocenters. The summed E-state index contributed by atoms with van der Waals surface area (Å²) in [5.74, 6) is 0.199. The average molecular weight is 307 g/mol. The van der Waals surface area contributed by atoms with E-state index in [1.165, 1.54) is 0 Å². The van der Waals surface area contributed by atoms with Gasteiger partial charge in [-0.25, -0.2) is 8.42 Å². The molecule has 2 N–H and O–H groups in total. The lowest BCUT2D eigenvalue weighted by Gasteiger charge is -2.21. The summed E-state index contributed by atoms with van der Waals surface area (Å²) in [5.41, 5.74) is 6.47. The molecule has 0 aliphatic carbocycles. The number of nitrogens with zero attached hydrogens (tertiary/aromatic N) is 1. The number of hydrogen-bond acceptors (Lipinski definition) is 3. The van der Waals surface area contributed by atoms with Gasteiger partial charge in [-0.15, -0.1) is 12.4 Å². The van der Waals surface area contributed by atoms with E-state index in [-0.39, 0.29) is 18.2 Å². The van der Waals surface area contributed by atoms with Crippen LogP contribution in [0.5, 0.6) is 0 Å². The summed E-state index contributed by atoms with van der Waals surface area (Å²) < 4.78 is 25.8. The molecule has 0 heterocycles. The maximum atomic E-state index is 12.1. The molecule has 0 amide bonds. The van der Waals surface area contributed by atoms with Crippen LogP contribution in [0.25, 0.3) is 0 Å².